The van der Waals surface area contributed by atoms with Gasteiger partial charge in [0.2, 0.25) is 5.13 Å². The molecule has 0 saturated heterocycles. The highest BCUT2D eigenvalue weighted by molar-refractivity contribution is 8.00. The SMILES string of the molecule is CSC1(CNc2nc(C3CC3)ns2)CCC1. The Morgan fingerprint density at radius 2 is 2.31 bits per heavy atom. The van der Waals surface area contributed by atoms with Gasteiger partial charge < -0.3 is 5.32 Å². The molecule has 0 radical (unpaired) electrons. The molecule has 88 valence electrons. The predicted molar refractivity (Wildman–Crippen MR) is 70.5 cm³/mol. The Bertz CT molecular complexity index is 364. The van der Waals surface area contributed by atoms with E-state index in [1.165, 1.54) is 43.6 Å². The zero-order valence-corrected chi connectivity index (χ0v) is 11.2. The van der Waals surface area contributed by atoms with Crippen LogP contribution >= 0.6 is 23.3 Å². The third-order valence-electron chi connectivity index (χ3n) is 3.64. The molecule has 0 bridgehead atoms. The Morgan fingerprint density at radius 1 is 1.50 bits per heavy atom. The molecule has 0 aromatic carbocycles. The van der Waals surface area contributed by atoms with Crippen LogP contribution in [0, 0.1) is 0 Å². The van der Waals surface area contributed by atoms with Crippen LogP contribution in [0.1, 0.15) is 43.8 Å². The van der Waals surface area contributed by atoms with Gasteiger partial charge in [-0.1, -0.05) is 6.42 Å². The average molecular weight is 255 g/mol. The van der Waals surface area contributed by atoms with Crippen molar-refractivity contribution in [2.45, 2.75) is 42.8 Å². The first-order chi connectivity index (χ1) is 7.81. The first kappa shape index (κ1) is 10.8. The monoisotopic (exact) mass is 255 g/mol. The molecule has 0 unspecified atom stereocenters. The van der Waals surface area contributed by atoms with Gasteiger partial charge in [0.05, 0.1) is 0 Å². The third kappa shape index (κ3) is 2.07. The lowest BCUT2D eigenvalue weighted by molar-refractivity contribution is 0.380. The Hall–Kier alpha value is -0.290. The van der Waals surface area contributed by atoms with E-state index in [1.807, 2.05) is 11.8 Å². The standard InChI is InChI=1S/C11H17N3S2/c1-15-11(5-2-6-11)7-12-10-13-9(14-16-10)8-3-4-8/h8H,2-7H2,1H3,(H,12,13,14). The van der Waals surface area contributed by atoms with E-state index in [4.69, 9.17) is 0 Å². The molecule has 1 aromatic heterocycles. The van der Waals surface area contributed by atoms with Gasteiger partial charge >= 0.3 is 0 Å². The van der Waals surface area contributed by atoms with Crippen LogP contribution in [-0.2, 0) is 0 Å². The summed E-state index contributed by atoms with van der Waals surface area (Å²) in [5.74, 6) is 1.74. The Balaban J connectivity index is 1.56. The molecule has 0 spiro atoms. The van der Waals surface area contributed by atoms with E-state index in [1.54, 1.807) is 0 Å². The zero-order valence-electron chi connectivity index (χ0n) is 9.53. The van der Waals surface area contributed by atoms with E-state index in [9.17, 15) is 0 Å². The molecular formula is C11H17N3S2. The van der Waals surface area contributed by atoms with Crippen molar-refractivity contribution < 1.29 is 0 Å². The zero-order chi connectivity index (χ0) is 11.0. The highest BCUT2D eigenvalue weighted by Gasteiger charge is 2.36. The van der Waals surface area contributed by atoms with Crippen LogP contribution in [0.25, 0.3) is 0 Å². The molecule has 2 saturated carbocycles. The number of rotatable bonds is 5. The Labute approximate surface area is 105 Å². The number of hydrogen-bond donors (Lipinski definition) is 1. The minimum Gasteiger partial charge on any atom is -0.359 e. The minimum absolute atomic E-state index is 0.478. The molecule has 0 aliphatic heterocycles. The summed E-state index contributed by atoms with van der Waals surface area (Å²) < 4.78 is 4.89. The maximum atomic E-state index is 4.56. The first-order valence-corrected chi connectivity index (χ1v) is 7.94. The van der Waals surface area contributed by atoms with Gasteiger partial charge in [-0.2, -0.15) is 16.1 Å². The van der Waals surface area contributed by atoms with E-state index in [2.05, 4.69) is 20.9 Å². The lowest BCUT2D eigenvalue weighted by Gasteiger charge is -2.40. The molecule has 0 atom stereocenters. The maximum Gasteiger partial charge on any atom is 0.202 e. The fourth-order valence-electron chi connectivity index (χ4n) is 2.07. The van der Waals surface area contributed by atoms with Crippen molar-refractivity contribution in [2.24, 2.45) is 0 Å². The number of nitrogens with one attached hydrogen (secondary N) is 1. The fraction of sp³-hybridized carbons (Fsp3) is 0.818. The second-order valence-electron chi connectivity index (χ2n) is 4.83. The van der Waals surface area contributed by atoms with Crippen LogP contribution in [0.5, 0.6) is 0 Å². The smallest absolute Gasteiger partial charge is 0.202 e. The third-order valence-corrected chi connectivity index (χ3v) is 5.75. The molecule has 3 nitrogen and oxygen atoms in total. The molecule has 0 amide bonds. The van der Waals surface area contributed by atoms with E-state index >= 15 is 0 Å². The van der Waals surface area contributed by atoms with Crippen LogP contribution in [0.2, 0.25) is 0 Å². The number of nitrogens with zero attached hydrogens (tertiary/aromatic N) is 2. The molecule has 3 rings (SSSR count). The van der Waals surface area contributed by atoms with Gasteiger partial charge in [0, 0.05) is 28.7 Å². The van der Waals surface area contributed by atoms with E-state index < -0.39 is 0 Å². The average Bonchev–Trinajstić information content (AvgIpc) is 2.98. The second kappa shape index (κ2) is 4.18. The van der Waals surface area contributed by atoms with Crippen molar-refractivity contribution >= 4 is 28.4 Å². The van der Waals surface area contributed by atoms with Crippen LogP contribution < -0.4 is 5.32 Å². The van der Waals surface area contributed by atoms with Gasteiger partial charge in [-0.25, -0.2) is 4.98 Å². The fourth-order valence-corrected chi connectivity index (χ4v) is 3.63. The molecule has 1 heterocycles. The first-order valence-electron chi connectivity index (χ1n) is 5.94. The molecule has 1 N–H and O–H groups in total. The summed E-state index contributed by atoms with van der Waals surface area (Å²) in [7, 11) is 0. The van der Waals surface area contributed by atoms with E-state index in [0.717, 1.165) is 17.5 Å². The largest absolute Gasteiger partial charge is 0.359 e. The van der Waals surface area contributed by atoms with Gasteiger partial charge in [0.25, 0.3) is 0 Å². The van der Waals surface area contributed by atoms with Crippen molar-refractivity contribution in [3.8, 4) is 0 Å². The molecular weight excluding hydrogens is 238 g/mol. The topological polar surface area (TPSA) is 37.8 Å². The normalized spacial score (nSPS) is 22.8. The number of hydrogen-bond acceptors (Lipinski definition) is 5. The summed E-state index contributed by atoms with van der Waals surface area (Å²) in [4.78, 5) is 4.56. The van der Waals surface area contributed by atoms with Crippen molar-refractivity contribution in [1.82, 2.24) is 9.36 Å². The maximum absolute atomic E-state index is 4.56. The number of aromatic nitrogens is 2. The van der Waals surface area contributed by atoms with Gasteiger partial charge in [0.15, 0.2) is 0 Å². The van der Waals surface area contributed by atoms with Crippen LogP contribution in [0.3, 0.4) is 0 Å². The quantitative estimate of drug-likeness (QED) is 0.877. The minimum atomic E-state index is 0.478. The Kier molecular flexibility index (Phi) is 2.83. The second-order valence-corrected chi connectivity index (χ2v) is 6.85. The molecule has 2 aliphatic carbocycles. The predicted octanol–water partition coefficient (Wildman–Crippen LogP) is 3.11. The number of anilines is 1. The van der Waals surface area contributed by atoms with E-state index in [-0.39, 0.29) is 0 Å². The van der Waals surface area contributed by atoms with Crippen molar-refractivity contribution in [3.05, 3.63) is 5.82 Å². The van der Waals surface area contributed by atoms with Crippen molar-refractivity contribution in [1.29, 1.82) is 0 Å². The van der Waals surface area contributed by atoms with Gasteiger partial charge in [-0.05, 0) is 31.9 Å². The van der Waals surface area contributed by atoms with Crippen molar-refractivity contribution in [3.63, 3.8) is 0 Å². The summed E-state index contributed by atoms with van der Waals surface area (Å²) >= 11 is 3.52. The molecule has 5 heteroatoms. The molecule has 1 aromatic rings. The molecule has 2 fully saturated rings. The lowest BCUT2D eigenvalue weighted by Crippen LogP contribution is -2.40. The Morgan fingerprint density at radius 3 is 2.88 bits per heavy atom. The summed E-state index contributed by atoms with van der Waals surface area (Å²) in [6.07, 6.45) is 8.85. The van der Waals surface area contributed by atoms with Crippen LogP contribution in [-0.4, -0.2) is 26.9 Å². The summed E-state index contributed by atoms with van der Waals surface area (Å²) in [5, 5.41) is 4.48. The van der Waals surface area contributed by atoms with Gasteiger partial charge in [0.1, 0.15) is 5.82 Å². The van der Waals surface area contributed by atoms with Crippen LogP contribution in [0.4, 0.5) is 5.13 Å². The van der Waals surface area contributed by atoms with Gasteiger partial charge in [-0.3, -0.25) is 0 Å². The summed E-state index contributed by atoms with van der Waals surface area (Å²) in [5.41, 5.74) is 0. The van der Waals surface area contributed by atoms with E-state index in [0.29, 0.717) is 10.7 Å². The molecule has 16 heavy (non-hydrogen) atoms. The summed E-state index contributed by atoms with van der Waals surface area (Å²) in [6, 6.07) is 0. The number of thioether (sulfide) groups is 1. The van der Waals surface area contributed by atoms with Gasteiger partial charge in [-0.15, -0.1) is 0 Å². The summed E-state index contributed by atoms with van der Waals surface area (Å²) in [6.45, 7) is 1.05. The van der Waals surface area contributed by atoms with Crippen LogP contribution in [0.15, 0.2) is 0 Å². The molecule has 2 aliphatic rings. The lowest BCUT2D eigenvalue weighted by atomic mass is 9.84. The van der Waals surface area contributed by atoms with Crippen molar-refractivity contribution in [2.75, 3.05) is 18.1 Å². The highest BCUT2D eigenvalue weighted by atomic mass is 32.2. The highest BCUT2D eigenvalue weighted by Crippen LogP contribution is 2.43.